The van der Waals surface area contributed by atoms with Crippen LogP contribution in [0, 0.1) is 11.6 Å². The van der Waals surface area contributed by atoms with Gasteiger partial charge in [-0.2, -0.15) is 0 Å². The Hall–Kier alpha value is -2.47. The molecule has 144 valence electrons. The highest BCUT2D eigenvalue weighted by molar-refractivity contribution is 5.81. The molecule has 27 heavy (non-hydrogen) atoms. The third-order valence-electron chi connectivity index (χ3n) is 5.17. The van der Waals surface area contributed by atoms with Crippen molar-refractivity contribution in [3.8, 4) is 0 Å². The molecule has 1 atom stereocenters. The van der Waals surface area contributed by atoms with Crippen LogP contribution in [-0.2, 0) is 11.3 Å². The monoisotopic (exact) mass is 373 g/mol. The Bertz CT molecular complexity index is 776. The lowest BCUT2D eigenvalue weighted by Gasteiger charge is -2.38. The molecular weight excluding hydrogens is 348 g/mol. The van der Waals surface area contributed by atoms with Crippen molar-refractivity contribution in [3.05, 3.63) is 65.7 Å². The Morgan fingerprint density at radius 2 is 1.74 bits per heavy atom. The van der Waals surface area contributed by atoms with E-state index in [4.69, 9.17) is 0 Å². The van der Waals surface area contributed by atoms with Gasteiger partial charge in [0.25, 0.3) is 0 Å². The smallest absolute Gasteiger partial charge is 0.239 e. The minimum Gasteiger partial charge on any atom is -0.368 e. The van der Waals surface area contributed by atoms with Crippen molar-refractivity contribution in [2.45, 2.75) is 19.5 Å². The van der Waals surface area contributed by atoms with Gasteiger partial charge in [0.1, 0.15) is 11.6 Å². The summed E-state index contributed by atoms with van der Waals surface area (Å²) in [5.74, 6) is -1.15. The predicted octanol–water partition coefficient (Wildman–Crippen LogP) is 3.13. The third kappa shape index (κ3) is 4.63. The number of rotatable bonds is 5. The SMILES string of the molecule is CC(C(=O)N1CCN(c2ccccc2)CC1)N(C)Cc1ccc(F)cc1F. The lowest BCUT2D eigenvalue weighted by Crippen LogP contribution is -2.53. The van der Waals surface area contributed by atoms with Crippen LogP contribution >= 0.6 is 0 Å². The van der Waals surface area contributed by atoms with Gasteiger partial charge in [0, 0.05) is 50.0 Å². The van der Waals surface area contributed by atoms with Crippen molar-refractivity contribution < 1.29 is 13.6 Å². The largest absolute Gasteiger partial charge is 0.368 e. The van der Waals surface area contributed by atoms with Gasteiger partial charge in [0.15, 0.2) is 0 Å². The first-order valence-corrected chi connectivity index (χ1v) is 9.18. The van der Waals surface area contributed by atoms with Crippen LogP contribution in [0.3, 0.4) is 0 Å². The first kappa shape index (κ1) is 19.3. The molecule has 1 aliphatic rings. The molecular formula is C21H25F2N3O. The van der Waals surface area contributed by atoms with E-state index in [-0.39, 0.29) is 18.5 Å². The summed E-state index contributed by atoms with van der Waals surface area (Å²) in [4.78, 5) is 18.8. The summed E-state index contributed by atoms with van der Waals surface area (Å²) < 4.78 is 26.9. The minimum absolute atomic E-state index is 0.0349. The number of piperazine rings is 1. The molecule has 6 heteroatoms. The zero-order valence-corrected chi connectivity index (χ0v) is 15.7. The van der Waals surface area contributed by atoms with Crippen LogP contribution in [0.1, 0.15) is 12.5 Å². The average molecular weight is 373 g/mol. The fraction of sp³-hybridized carbons (Fsp3) is 0.381. The molecule has 4 nitrogen and oxygen atoms in total. The third-order valence-corrected chi connectivity index (χ3v) is 5.17. The van der Waals surface area contributed by atoms with Gasteiger partial charge in [0.05, 0.1) is 6.04 Å². The van der Waals surface area contributed by atoms with Crippen LogP contribution in [0.15, 0.2) is 48.5 Å². The summed E-state index contributed by atoms with van der Waals surface area (Å²) in [5.41, 5.74) is 1.55. The summed E-state index contributed by atoms with van der Waals surface area (Å²) >= 11 is 0. The molecule has 0 saturated carbocycles. The van der Waals surface area contributed by atoms with Crippen molar-refractivity contribution in [2.75, 3.05) is 38.1 Å². The number of halogens is 2. The molecule has 3 rings (SSSR count). The average Bonchev–Trinajstić information content (AvgIpc) is 2.69. The molecule has 0 aromatic heterocycles. The summed E-state index contributed by atoms with van der Waals surface area (Å²) in [6.07, 6.45) is 0. The van der Waals surface area contributed by atoms with Crippen molar-refractivity contribution in [1.82, 2.24) is 9.80 Å². The summed E-state index contributed by atoms with van der Waals surface area (Å²) in [7, 11) is 1.78. The fourth-order valence-electron chi connectivity index (χ4n) is 3.33. The standard InChI is InChI=1S/C21H25F2N3O/c1-16(24(2)15-17-8-9-18(22)14-20(17)23)21(27)26-12-10-25(11-13-26)19-6-4-3-5-7-19/h3-9,14,16H,10-13,15H2,1-2H3. The van der Waals surface area contributed by atoms with Crippen LogP contribution in [0.2, 0.25) is 0 Å². The van der Waals surface area contributed by atoms with Gasteiger partial charge in [-0.05, 0) is 32.2 Å². The number of hydrogen-bond acceptors (Lipinski definition) is 3. The highest BCUT2D eigenvalue weighted by Gasteiger charge is 2.27. The van der Waals surface area contributed by atoms with Crippen molar-refractivity contribution >= 4 is 11.6 Å². The Labute approximate surface area is 159 Å². The maximum absolute atomic E-state index is 13.9. The number of likely N-dealkylation sites (N-methyl/N-ethyl adjacent to an activating group) is 1. The van der Waals surface area contributed by atoms with E-state index in [1.807, 2.05) is 30.0 Å². The zero-order chi connectivity index (χ0) is 19.4. The highest BCUT2D eigenvalue weighted by atomic mass is 19.1. The molecule has 1 saturated heterocycles. The molecule has 2 aromatic rings. The molecule has 2 aromatic carbocycles. The number of amides is 1. The van der Waals surface area contributed by atoms with E-state index < -0.39 is 11.6 Å². The van der Waals surface area contributed by atoms with Crippen LogP contribution in [0.5, 0.6) is 0 Å². The maximum Gasteiger partial charge on any atom is 0.239 e. The van der Waals surface area contributed by atoms with E-state index in [2.05, 4.69) is 17.0 Å². The molecule has 1 fully saturated rings. The molecule has 0 bridgehead atoms. The highest BCUT2D eigenvalue weighted by Crippen LogP contribution is 2.17. The van der Waals surface area contributed by atoms with E-state index in [0.29, 0.717) is 18.7 Å². The number of carbonyl (C=O) groups is 1. The molecule has 0 radical (unpaired) electrons. The van der Waals surface area contributed by atoms with E-state index in [9.17, 15) is 13.6 Å². The van der Waals surface area contributed by atoms with E-state index in [1.165, 1.54) is 17.8 Å². The topological polar surface area (TPSA) is 26.8 Å². The molecule has 1 unspecified atom stereocenters. The molecule has 1 aliphatic heterocycles. The lowest BCUT2D eigenvalue weighted by atomic mass is 10.1. The quantitative estimate of drug-likeness (QED) is 0.806. The second-order valence-corrected chi connectivity index (χ2v) is 6.97. The van der Waals surface area contributed by atoms with E-state index in [0.717, 1.165) is 19.2 Å². The van der Waals surface area contributed by atoms with Gasteiger partial charge in [-0.25, -0.2) is 8.78 Å². The first-order valence-electron chi connectivity index (χ1n) is 9.18. The number of hydrogen-bond donors (Lipinski definition) is 0. The molecule has 1 heterocycles. The Kier molecular flexibility index (Phi) is 6.06. The van der Waals surface area contributed by atoms with Gasteiger partial charge >= 0.3 is 0 Å². The summed E-state index contributed by atoms with van der Waals surface area (Å²) in [5, 5.41) is 0. The number of nitrogens with zero attached hydrogens (tertiary/aromatic N) is 3. The van der Waals surface area contributed by atoms with Gasteiger partial charge in [-0.15, -0.1) is 0 Å². The number of benzene rings is 2. The number of carbonyl (C=O) groups excluding carboxylic acids is 1. The van der Waals surface area contributed by atoms with Crippen molar-refractivity contribution in [1.29, 1.82) is 0 Å². The summed E-state index contributed by atoms with van der Waals surface area (Å²) in [6.45, 7) is 4.99. The zero-order valence-electron chi connectivity index (χ0n) is 15.7. The Morgan fingerprint density at radius 1 is 1.07 bits per heavy atom. The molecule has 1 amide bonds. The molecule has 0 spiro atoms. The van der Waals surface area contributed by atoms with Gasteiger partial charge in [0.2, 0.25) is 5.91 Å². The van der Waals surface area contributed by atoms with Crippen LogP contribution in [-0.4, -0.2) is 55.0 Å². The van der Waals surface area contributed by atoms with E-state index >= 15 is 0 Å². The van der Waals surface area contributed by atoms with Gasteiger partial charge < -0.3 is 9.80 Å². The second-order valence-electron chi connectivity index (χ2n) is 6.97. The Balaban J connectivity index is 1.55. The second kappa shape index (κ2) is 8.48. The fourth-order valence-corrected chi connectivity index (χ4v) is 3.33. The Morgan fingerprint density at radius 3 is 2.37 bits per heavy atom. The molecule has 0 aliphatic carbocycles. The van der Waals surface area contributed by atoms with Crippen molar-refractivity contribution in [3.63, 3.8) is 0 Å². The van der Waals surface area contributed by atoms with Gasteiger partial charge in [-0.1, -0.05) is 24.3 Å². The number of anilines is 1. The van der Waals surface area contributed by atoms with Crippen LogP contribution in [0.25, 0.3) is 0 Å². The minimum atomic E-state index is -0.598. The lowest BCUT2D eigenvalue weighted by molar-refractivity contribution is -0.136. The maximum atomic E-state index is 13.9. The summed E-state index contributed by atoms with van der Waals surface area (Å²) in [6, 6.07) is 13.3. The number of para-hydroxylation sites is 1. The van der Waals surface area contributed by atoms with Crippen LogP contribution < -0.4 is 4.90 Å². The normalized spacial score (nSPS) is 15.9. The van der Waals surface area contributed by atoms with E-state index in [1.54, 1.807) is 11.9 Å². The molecule has 0 N–H and O–H groups in total. The van der Waals surface area contributed by atoms with Gasteiger partial charge in [-0.3, -0.25) is 9.69 Å². The van der Waals surface area contributed by atoms with Crippen LogP contribution in [0.4, 0.5) is 14.5 Å². The van der Waals surface area contributed by atoms with Crippen molar-refractivity contribution in [2.24, 2.45) is 0 Å². The predicted molar refractivity (Wildman–Crippen MR) is 103 cm³/mol. The first-order chi connectivity index (χ1) is 13.0.